The Kier molecular flexibility index (Phi) is 4.41. The largest absolute Gasteiger partial charge is 0.316 e. The lowest BCUT2D eigenvalue weighted by Crippen LogP contribution is -2.03. The summed E-state index contributed by atoms with van der Waals surface area (Å²) in [6, 6.07) is 8.68. The van der Waals surface area contributed by atoms with Crippen LogP contribution in [0.4, 0.5) is 0 Å². The van der Waals surface area contributed by atoms with Crippen LogP contribution in [0.3, 0.4) is 0 Å². The molecular weight excluding hydrogens is 170 g/mol. The molecule has 14 heavy (non-hydrogen) atoms. The number of nitrogens with one attached hydrogen (secondary N) is 1. The van der Waals surface area contributed by atoms with E-state index in [1.165, 1.54) is 11.1 Å². The van der Waals surface area contributed by atoms with Crippen LogP contribution in [0.15, 0.2) is 30.3 Å². The van der Waals surface area contributed by atoms with Crippen LogP contribution < -0.4 is 5.32 Å². The van der Waals surface area contributed by atoms with Crippen molar-refractivity contribution in [2.24, 2.45) is 0 Å². The Hall–Kier alpha value is -1.08. The number of benzene rings is 1. The van der Waals surface area contributed by atoms with Gasteiger partial charge in [-0.05, 0) is 24.1 Å². The molecule has 0 spiro atoms. The Labute approximate surface area is 86.8 Å². The lowest BCUT2D eigenvalue weighted by Gasteiger charge is -2.05. The van der Waals surface area contributed by atoms with Gasteiger partial charge >= 0.3 is 0 Å². The van der Waals surface area contributed by atoms with Crippen LogP contribution in [0.1, 0.15) is 30.9 Å². The highest BCUT2D eigenvalue weighted by atomic mass is 14.8. The Morgan fingerprint density at radius 1 is 1.36 bits per heavy atom. The van der Waals surface area contributed by atoms with Crippen molar-refractivity contribution in [2.45, 2.75) is 19.8 Å². The van der Waals surface area contributed by atoms with E-state index >= 15 is 0 Å². The quantitative estimate of drug-likeness (QED) is 0.767. The molecule has 0 fully saturated rings. The van der Waals surface area contributed by atoms with Gasteiger partial charge in [0.05, 0.1) is 0 Å². The van der Waals surface area contributed by atoms with Crippen LogP contribution in [0.25, 0.3) is 6.08 Å². The minimum atomic E-state index is 0.604. The second kappa shape index (κ2) is 5.61. The maximum Gasteiger partial charge on any atom is 0.0135 e. The van der Waals surface area contributed by atoms with Crippen molar-refractivity contribution in [3.05, 3.63) is 41.5 Å². The monoisotopic (exact) mass is 189 g/mol. The third kappa shape index (κ3) is 3.35. The van der Waals surface area contributed by atoms with Crippen molar-refractivity contribution in [2.75, 3.05) is 13.6 Å². The summed E-state index contributed by atoms with van der Waals surface area (Å²) in [5.74, 6) is 0.604. The lowest BCUT2D eigenvalue weighted by atomic mass is 10.0. The summed E-state index contributed by atoms with van der Waals surface area (Å²) in [7, 11) is 1.95. The fourth-order valence-electron chi connectivity index (χ4n) is 1.33. The Bertz CT molecular complexity index is 300. The third-order valence-electron chi connectivity index (χ3n) is 2.21. The zero-order valence-corrected chi connectivity index (χ0v) is 9.25. The van der Waals surface area contributed by atoms with Gasteiger partial charge in [-0.25, -0.2) is 0 Å². The zero-order chi connectivity index (χ0) is 10.4. The van der Waals surface area contributed by atoms with Crippen LogP contribution in [-0.2, 0) is 0 Å². The molecule has 0 bridgehead atoms. The normalized spacial score (nSPS) is 11.4. The summed E-state index contributed by atoms with van der Waals surface area (Å²) in [5, 5.41) is 3.09. The maximum atomic E-state index is 3.09. The molecule has 0 amide bonds. The van der Waals surface area contributed by atoms with Crippen molar-refractivity contribution in [1.29, 1.82) is 0 Å². The highest BCUT2D eigenvalue weighted by Crippen LogP contribution is 2.16. The predicted octanol–water partition coefficient (Wildman–Crippen LogP) is 3.04. The topological polar surface area (TPSA) is 12.0 Å². The van der Waals surface area contributed by atoms with Crippen molar-refractivity contribution < 1.29 is 0 Å². The maximum absolute atomic E-state index is 3.09. The Balaban J connectivity index is 2.73. The van der Waals surface area contributed by atoms with Crippen molar-refractivity contribution in [3.8, 4) is 0 Å². The molecule has 0 heterocycles. The summed E-state index contributed by atoms with van der Waals surface area (Å²) in [4.78, 5) is 0. The summed E-state index contributed by atoms with van der Waals surface area (Å²) in [5.41, 5.74) is 2.68. The second-order valence-corrected chi connectivity index (χ2v) is 3.78. The molecule has 0 unspecified atom stereocenters. The molecule has 0 aromatic heterocycles. The van der Waals surface area contributed by atoms with Crippen molar-refractivity contribution in [1.82, 2.24) is 5.32 Å². The van der Waals surface area contributed by atoms with Gasteiger partial charge in [0, 0.05) is 6.54 Å². The lowest BCUT2D eigenvalue weighted by molar-refractivity contribution is 0.866. The summed E-state index contributed by atoms with van der Waals surface area (Å²) in [6.45, 7) is 5.36. The SMILES string of the molecule is CNCC=Cc1cccc(C(C)C)c1. The molecule has 0 radical (unpaired) electrons. The van der Waals surface area contributed by atoms with Gasteiger partial charge in [0.2, 0.25) is 0 Å². The molecule has 1 aromatic carbocycles. The van der Waals surface area contributed by atoms with Gasteiger partial charge < -0.3 is 5.32 Å². The van der Waals surface area contributed by atoms with Gasteiger partial charge in [0.15, 0.2) is 0 Å². The van der Waals surface area contributed by atoms with Gasteiger partial charge in [-0.15, -0.1) is 0 Å². The molecule has 1 aromatic rings. The zero-order valence-electron chi connectivity index (χ0n) is 9.25. The first-order valence-corrected chi connectivity index (χ1v) is 5.15. The minimum Gasteiger partial charge on any atom is -0.316 e. The van der Waals surface area contributed by atoms with Crippen molar-refractivity contribution >= 4 is 6.08 Å². The smallest absolute Gasteiger partial charge is 0.0135 e. The molecule has 0 saturated carbocycles. The average molecular weight is 189 g/mol. The van der Waals surface area contributed by atoms with Gasteiger partial charge in [-0.2, -0.15) is 0 Å². The van der Waals surface area contributed by atoms with Crippen LogP contribution in [0, 0.1) is 0 Å². The Morgan fingerprint density at radius 3 is 2.79 bits per heavy atom. The molecule has 0 aliphatic carbocycles. The van der Waals surface area contributed by atoms with E-state index in [1.807, 2.05) is 7.05 Å². The van der Waals surface area contributed by atoms with E-state index in [-0.39, 0.29) is 0 Å². The second-order valence-electron chi connectivity index (χ2n) is 3.78. The molecule has 1 nitrogen and oxygen atoms in total. The Morgan fingerprint density at radius 2 is 2.14 bits per heavy atom. The summed E-state index contributed by atoms with van der Waals surface area (Å²) in [6.07, 6.45) is 4.29. The molecular formula is C13H19N. The molecule has 1 rings (SSSR count). The first-order valence-electron chi connectivity index (χ1n) is 5.15. The third-order valence-corrected chi connectivity index (χ3v) is 2.21. The molecule has 1 N–H and O–H groups in total. The van der Waals surface area contributed by atoms with Crippen LogP contribution in [-0.4, -0.2) is 13.6 Å². The van der Waals surface area contributed by atoms with Gasteiger partial charge in [0.25, 0.3) is 0 Å². The van der Waals surface area contributed by atoms with E-state index in [0.29, 0.717) is 5.92 Å². The minimum absolute atomic E-state index is 0.604. The number of rotatable bonds is 4. The van der Waals surface area contributed by atoms with Gasteiger partial charge in [-0.1, -0.05) is 50.3 Å². The molecule has 1 heteroatoms. The van der Waals surface area contributed by atoms with Gasteiger partial charge in [-0.3, -0.25) is 0 Å². The van der Waals surface area contributed by atoms with Gasteiger partial charge in [0.1, 0.15) is 0 Å². The molecule has 0 saturated heterocycles. The standard InChI is InChI=1S/C13H19N/c1-11(2)13-8-4-6-12(10-13)7-5-9-14-3/h4-8,10-11,14H,9H2,1-3H3. The molecule has 0 aliphatic rings. The number of hydrogen-bond donors (Lipinski definition) is 1. The molecule has 76 valence electrons. The van der Waals surface area contributed by atoms with E-state index in [1.54, 1.807) is 0 Å². The first-order chi connectivity index (χ1) is 6.74. The van der Waals surface area contributed by atoms with Crippen LogP contribution >= 0.6 is 0 Å². The highest BCUT2D eigenvalue weighted by molar-refractivity contribution is 5.50. The summed E-state index contributed by atoms with van der Waals surface area (Å²) < 4.78 is 0. The average Bonchev–Trinajstić information content (AvgIpc) is 2.19. The fraction of sp³-hybridized carbons (Fsp3) is 0.385. The predicted molar refractivity (Wildman–Crippen MR) is 63.5 cm³/mol. The van der Waals surface area contributed by atoms with E-state index in [4.69, 9.17) is 0 Å². The van der Waals surface area contributed by atoms with E-state index in [9.17, 15) is 0 Å². The first kappa shape index (κ1) is 11.0. The van der Waals surface area contributed by atoms with E-state index < -0.39 is 0 Å². The van der Waals surface area contributed by atoms with Crippen molar-refractivity contribution in [3.63, 3.8) is 0 Å². The highest BCUT2D eigenvalue weighted by Gasteiger charge is 1.97. The molecule has 0 atom stereocenters. The summed E-state index contributed by atoms with van der Waals surface area (Å²) >= 11 is 0. The van der Waals surface area contributed by atoms with E-state index in [0.717, 1.165) is 6.54 Å². The van der Waals surface area contributed by atoms with E-state index in [2.05, 4.69) is 55.6 Å². The van der Waals surface area contributed by atoms with Crippen LogP contribution in [0.2, 0.25) is 0 Å². The number of hydrogen-bond acceptors (Lipinski definition) is 1. The van der Waals surface area contributed by atoms with Crippen LogP contribution in [0.5, 0.6) is 0 Å². The molecule has 0 aliphatic heterocycles. The fourth-order valence-corrected chi connectivity index (χ4v) is 1.33. The number of likely N-dealkylation sites (N-methyl/N-ethyl adjacent to an activating group) is 1.